The lowest BCUT2D eigenvalue weighted by atomic mass is 9.71. The molecule has 1 aliphatic carbocycles. The predicted molar refractivity (Wildman–Crippen MR) is 73.9 cm³/mol. The van der Waals surface area contributed by atoms with Gasteiger partial charge in [0.05, 0.1) is 0 Å². The van der Waals surface area contributed by atoms with Gasteiger partial charge in [0.1, 0.15) is 0 Å². The zero-order chi connectivity index (χ0) is 12.6. The molecule has 17 heavy (non-hydrogen) atoms. The van der Waals surface area contributed by atoms with Gasteiger partial charge in [-0.15, -0.1) is 0 Å². The summed E-state index contributed by atoms with van der Waals surface area (Å²) in [5, 5.41) is 0. The Balaban J connectivity index is 2.13. The van der Waals surface area contributed by atoms with Gasteiger partial charge in [-0.2, -0.15) is 0 Å². The molecular formula is C15H26N2. The third-order valence-corrected chi connectivity index (χ3v) is 4.81. The minimum atomic E-state index is 0.316. The second-order valence-electron chi connectivity index (χ2n) is 6.22. The Morgan fingerprint density at radius 3 is 2.29 bits per heavy atom. The van der Waals surface area contributed by atoms with Gasteiger partial charge in [0.25, 0.3) is 0 Å². The monoisotopic (exact) mass is 234 g/mol. The smallest absolute Gasteiger partial charge is 0.0329 e. The first-order chi connectivity index (χ1) is 7.91. The summed E-state index contributed by atoms with van der Waals surface area (Å²) in [6.45, 7) is 14.0. The van der Waals surface area contributed by atoms with Gasteiger partial charge in [-0.25, -0.2) is 0 Å². The van der Waals surface area contributed by atoms with E-state index in [-0.39, 0.29) is 0 Å². The fraction of sp³-hybridized carbons (Fsp3) is 0.733. The highest BCUT2D eigenvalue weighted by Gasteiger charge is 2.31. The first-order valence-corrected chi connectivity index (χ1v) is 6.75. The van der Waals surface area contributed by atoms with Gasteiger partial charge < -0.3 is 9.80 Å². The zero-order valence-electron chi connectivity index (χ0n) is 12.0. The van der Waals surface area contributed by atoms with Crippen LogP contribution >= 0.6 is 0 Å². The second kappa shape index (κ2) is 4.49. The predicted octanol–water partition coefficient (Wildman–Crippen LogP) is 2.74. The molecule has 1 atom stereocenters. The maximum Gasteiger partial charge on any atom is 0.0329 e. The van der Waals surface area contributed by atoms with E-state index < -0.39 is 0 Å². The van der Waals surface area contributed by atoms with Gasteiger partial charge in [-0.3, -0.25) is 0 Å². The van der Waals surface area contributed by atoms with E-state index in [1.807, 2.05) is 0 Å². The summed E-state index contributed by atoms with van der Waals surface area (Å²) in [5.74, 6) is 0.627. The van der Waals surface area contributed by atoms with E-state index in [0.717, 1.165) is 0 Å². The van der Waals surface area contributed by atoms with Gasteiger partial charge in [0, 0.05) is 31.9 Å². The lowest BCUT2D eigenvalue weighted by molar-refractivity contribution is 0.185. The van der Waals surface area contributed by atoms with Crippen LogP contribution in [0.25, 0.3) is 0 Å². The molecule has 2 aliphatic rings. The molecule has 0 amide bonds. The Bertz CT molecular complexity index is 344. The minimum absolute atomic E-state index is 0.316. The van der Waals surface area contributed by atoms with Gasteiger partial charge in [-0.05, 0) is 31.4 Å². The van der Waals surface area contributed by atoms with Crippen molar-refractivity contribution in [3.8, 4) is 0 Å². The third kappa shape index (κ3) is 2.42. The molecule has 0 spiro atoms. The Morgan fingerprint density at radius 1 is 1.18 bits per heavy atom. The highest BCUT2D eigenvalue weighted by atomic mass is 15.2. The molecule has 1 heterocycles. The van der Waals surface area contributed by atoms with Crippen molar-refractivity contribution in [2.24, 2.45) is 11.3 Å². The number of rotatable bonds is 1. The summed E-state index contributed by atoms with van der Waals surface area (Å²) in [5.41, 5.74) is 3.28. The Hall–Kier alpha value is -0.760. The van der Waals surface area contributed by atoms with Crippen LogP contribution in [0.4, 0.5) is 0 Å². The number of piperazine rings is 1. The minimum Gasteiger partial charge on any atom is -0.369 e. The maximum absolute atomic E-state index is 2.54. The van der Waals surface area contributed by atoms with E-state index in [2.05, 4.69) is 56.7 Å². The lowest BCUT2D eigenvalue weighted by Gasteiger charge is -2.40. The number of nitrogens with zero attached hydrogens (tertiary/aromatic N) is 2. The van der Waals surface area contributed by atoms with Gasteiger partial charge in [0.15, 0.2) is 0 Å². The van der Waals surface area contributed by atoms with Crippen LogP contribution in [0.5, 0.6) is 0 Å². The quantitative estimate of drug-likeness (QED) is 0.688. The van der Waals surface area contributed by atoms with Crippen LogP contribution in [0.3, 0.4) is 0 Å². The largest absolute Gasteiger partial charge is 0.369 e. The molecule has 1 unspecified atom stereocenters. The molecule has 1 aliphatic heterocycles. The van der Waals surface area contributed by atoms with Crippen LogP contribution in [-0.4, -0.2) is 43.0 Å². The van der Waals surface area contributed by atoms with Crippen molar-refractivity contribution in [3.05, 3.63) is 23.4 Å². The molecule has 0 saturated carbocycles. The van der Waals surface area contributed by atoms with Crippen LogP contribution in [0.1, 0.15) is 27.7 Å². The van der Waals surface area contributed by atoms with Crippen LogP contribution in [0.15, 0.2) is 23.4 Å². The number of hydrogen-bond donors (Lipinski definition) is 0. The third-order valence-electron chi connectivity index (χ3n) is 4.81. The normalized spacial score (nSPS) is 29.9. The standard InChI is InChI=1S/C15H26N2/c1-12-10-14(11-13(2)15(12,3)4)17-8-6-16(5)7-9-17/h10-12H,6-9H2,1-5H3. The molecule has 0 aromatic carbocycles. The molecule has 1 saturated heterocycles. The van der Waals surface area contributed by atoms with E-state index in [4.69, 9.17) is 0 Å². The van der Waals surface area contributed by atoms with Gasteiger partial charge >= 0.3 is 0 Å². The first kappa shape index (κ1) is 12.7. The summed E-state index contributed by atoms with van der Waals surface area (Å²) in [4.78, 5) is 4.94. The molecule has 0 aromatic rings. The van der Waals surface area contributed by atoms with Gasteiger partial charge in [0.2, 0.25) is 0 Å². The van der Waals surface area contributed by atoms with Crippen LogP contribution in [0.2, 0.25) is 0 Å². The summed E-state index contributed by atoms with van der Waals surface area (Å²) in [6.07, 6.45) is 4.85. The molecular weight excluding hydrogens is 208 g/mol. The molecule has 96 valence electrons. The Kier molecular flexibility index (Phi) is 3.35. The Morgan fingerprint density at radius 2 is 1.76 bits per heavy atom. The van der Waals surface area contributed by atoms with Crippen molar-refractivity contribution < 1.29 is 0 Å². The molecule has 0 N–H and O–H groups in total. The van der Waals surface area contributed by atoms with E-state index >= 15 is 0 Å². The number of hydrogen-bond acceptors (Lipinski definition) is 2. The molecule has 2 nitrogen and oxygen atoms in total. The molecule has 1 fully saturated rings. The summed E-state index contributed by atoms with van der Waals surface area (Å²) < 4.78 is 0. The molecule has 2 rings (SSSR count). The molecule has 0 aromatic heterocycles. The summed E-state index contributed by atoms with van der Waals surface area (Å²) >= 11 is 0. The van der Waals surface area contributed by atoms with Crippen molar-refractivity contribution >= 4 is 0 Å². The van der Waals surface area contributed by atoms with Crippen LogP contribution < -0.4 is 0 Å². The van der Waals surface area contributed by atoms with Crippen LogP contribution in [0, 0.1) is 11.3 Å². The topological polar surface area (TPSA) is 6.48 Å². The van der Waals surface area contributed by atoms with E-state index in [0.29, 0.717) is 11.3 Å². The van der Waals surface area contributed by atoms with Gasteiger partial charge in [-0.1, -0.05) is 32.4 Å². The van der Waals surface area contributed by atoms with Crippen molar-refractivity contribution in [2.45, 2.75) is 27.7 Å². The fourth-order valence-electron chi connectivity index (χ4n) is 2.54. The number of likely N-dealkylation sites (N-methyl/N-ethyl adjacent to an activating group) is 1. The highest BCUT2D eigenvalue weighted by Crippen LogP contribution is 2.40. The molecule has 0 bridgehead atoms. The van der Waals surface area contributed by atoms with E-state index in [1.54, 1.807) is 0 Å². The number of allylic oxidation sites excluding steroid dienone is 3. The average Bonchev–Trinajstić information content (AvgIpc) is 2.27. The first-order valence-electron chi connectivity index (χ1n) is 6.75. The van der Waals surface area contributed by atoms with Crippen molar-refractivity contribution in [1.82, 2.24) is 9.80 Å². The SMILES string of the molecule is CC1=CC(N2CCN(C)CC2)=CC(C)C1(C)C. The lowest BCUT2D eigenvalue weighted by Crippen LogP contribution is -2.44. The van der Waals surface area contributed by atoms with E-state index in [9.17, 15) is 0 Å². The van der Waals surface area contributed by atoms with Crippen LogP contribution in [-0.2, 0) is 0 Å². The van der Waals surface area contributed by atoms with Crippen molar-refractivity contribution in [2.75, 3.05) is 33.2 Å². The van der Waals surface area contributed by atoms with E-state index in [1.165, 1.54) is 37.4 Å². The summed E-state index contributed by atoms with van der Waals surface area (Å²) in [7, 11) is 2.21. The maximum atomic E-state index is 2.54. The molecule has 2 heteroatoms. The summed E-state index contributed by atoms with van der Waals surface area (Å²) in [6, 6.07) is 0. The Labute approximate surface area is 106 Å². The highest BCUT2D eigenvalue weighted by molar-refractivity contribution is 5.32. The van der Waals surface area contributed by atoms with Crippen molar-refractivity contribution in [1.29, 1.82) is 0 Å². The molecule has 0 radical (unpaired) electrons. The fourth-order valence-corrected chi connectivity index (χ4v) is 2.54. The van der Waals surface area contributed by atoms with Crippen molar-refractivity contribution in [3.63, 3.8) is 0 Å². The zero-order valence-corrected chi connectivity index (χ0v) is 12.0. The second-order valence-corrected chi connectivity index (χ2v) is 6.22. The average molecular weight is 234 g/mol.